The molecule has 0 saturated heterocycles. The molecular weight excluding hydrogens is 318 g/mol. The van der Waals surface area contributed by atoms with Crippen LogP contribution in [0.4, 0.5) is 0 Å². The van der Waals surface area contributed by atoms with Gasteiger partial charge in [0.2, 0.25) is 0 Å². The summed E-state index contributed by atoms with van der Waals surface area (Å²) in [7, 11) is 0. The Labute approximate surface area is 155 Å². The second kappa shape index (κ2) is 7.74. The third kappa shape index (κ3) is 4.73. The molecule has 0 aliphatic heterocycles. The van der Waals surface area contributed by atoms with Crippen molar-refractivity contribution in [2.75, 3.05) is 0 Å². The van der Waals surface area contributed by atoms with Crippen LogP contribution >= 0.6 is 0 Å². The summed E-state index contributed by atoms with van der Waals surface area (Å²) in [5.41, 5.74) is 2.43. The van der Waals surface area contributed by atoms with Crippen molar-refractivity contribution in [3.63, 3.8) is 0 Å². The van der Waals surface area contributed by atoms with Crippen molar-refractivity contribution in [2.45, 2.75) is 39.0 Å². The molecule has 1 atom stereocenters. The van der Waals surface area contributed by atoms with Gasteiger partial charge in [-0.2, -0.15) is 0 Å². The van der Waals surface area contributed by atoms with Crippen molar-refractivity contribution in [1.82, 2.24) is 5.32 Å². The lowest BCUT2D eigenvalue weighted by molar-refractivity contribution is 0.143. The SMILES string of the molecule is C[C@@H](NCc1cccc(C#CC(C)(C)O)c1)c1cccc2ccccc12. The predicted molar refractivity (Wildman–Crippen MR) is 109 cm³/mol. The fourth-order valence-electron chi connectivity index (χ4n) is 2.99. The van der Waals surface area contributed by atoms with E-state index < -0.39 is 5.60 Å². The molecule has 0 aromatic heterocycles. The van der Waals surface area contributed by atoms with E-state index in [0.29, 0.717) is 0 Å². The lowest BCUT2D eigenvalue weighted by Crippen LogP contribution is -2.18. The smallest absolute Gasteiger partial charge is 0.120 e. The molecule has 0 aliphatic carbocycles. The number of aliphatic hydroxyl groups is 1. The molecule has 3 aromatic carbocycles. The van der Waals surface area contributed by atoms with Crippen LogP contribution in [0.1, 0.15) is 43.5 Å². The van der Waals surface area contributed by atoms with Gasteiger partial charge in [0, 0.05) is 18.2 Å². The molecule has 26 heavy (non-hydrogen) atoms. The Morgan fingerprint density at radius 2 is 1.73 bits per heavy atom. The Bertz CT molecular complexity index is 952. The summed E-state index contributed by atoms with van der Waals surface area (Å²) in [5, 5.41) is 15.9. The monoisotopic (exact) mass is 343 g/mol. The van der Waals surface area contributed by atoms with Crippen LogP contribution in [0.3, 0.4) is 0 Å². The number of hydrogen-bond acceptors (Lipinski definition) is 2. The van der Waals surface area contributed by atoms with E-state index in [1.165, 1.54) is 21.9 Å². The fourth-order valence-corrected chi connectivity index (χ4v) is 2.99. The largest absolute Gasteiger partial charge is 0.378 e. The van der Waals surface area contributed by atoms with Gasteiger partial charge in [0.15, 0.2) is 0 Å². The minimum absolute atomic E-state index is 0.243. The van der Waals surface area contributed by atoms with E-state index in [-0.39, 0.29) is 6.04 Å². The summed E-state index contributed by atoms with van der Waals surface area (Å²) < 4.78 is 0. The maximum atomic E-state index is 9.75. The van der Waals surface area contributed by atoms with E-state index in [1.54, 1.807) is 13.8 Å². The van der Waals surface area contributed by atoms with Crippen LogP contribution in [0.5, 0.6) is 0 Å². The minimum atomic E-state index is -0.975. The maximum Gasteiger partial charge on any atom is 0.120 e. The molecule has 0 amide bonds. The fraction of sp³-hybridized carbons (Fsp3) is 0.250. The van der Waals surface area contributed by atoms with Gasteiger partial charge in [0.25, 0.3) is 0 Å². The lowest BCUT2D eigenvalue weighted by Gasteiger charge is -2.17. The average molecular weight is 343 g/mol. The topological polar surface area (TPSA) is 32.3 Å². The first-order valence-corrected chi connectivity index (χ1v) is 8.98. The molecule has 0 aliphatic rings. The van der Waals surface area contributed by atoms with Crippen molar-refractivity contribution in [3.8, 4) is 11.8 Å². The van der Waals surface area contributed by atoms with Gasteiger partial charge < -0.3 is 10.4 Å². The second-order valence-electron chi connectivity index (χ2n) is 7.18. The van der Waals surface area contributed by atoms with Crippen molar-refractivity contribution in [3.05, 3.63) is 83.4 Å². The van der Waals surface area contributed by atoms with Gasteiger partial charge in [-0.3, -0.25) is 0 Å². The molecule has 2 nitrogen and oxygen atoms in total. The molecule has 0 fully saturated rings. The number of fused-ring (bicyclic) bond motifs is 1. The van der Waals surface area contributed by atoms with Crippen molar-refractivity contribution in [2.24, 2.45) is 0 Å². The first kappa shape index (κ1) is 18.2. The average Bonchev–Trinajstić information content (AvgIpc) is 2.64. The third-order valence-electron chi connectivity index (χ3n) is 4.34. The zero-order chi connectivity index (χ0) is 18.6. The minimum Gasteiger partial charge on any atom is -0.378 e. The Morgan fingerprint density at radius 1 is 1.00 bits per heavy atom. The van der Waals surface area contributed by atoms with Crippen LogP contribution in [-0.2, 0) is 6.54 Å². The van der Waals surface area contributed by atoms with Crippen LogP contribution in [0.2, 0.25) is 0 Å². The highest BCUT2D eigenvalue weighted by atomic mass is 16.3. The summed E-state index contributed by atoms with van der Waals surface area (Å²) in [6, 6.07) is 23.3. The second-order valence-corrected chi connectivity index (χ2v) is 7.18. The normalized spacial score (nSPS) is 12.5. The third-order valence-corrected chi connectivity index (χ3v) is 4.34. The van der Waals surface area contributed by atoms with E-state index in [1.807, 2.05) is 12.1 Å². The van der Waals surface area contributed by atoms with Gasteiger partial charge >= 0.3 is 0 Å². The van der Waals surface area contributed by atoms with Gasteiger partial charge in [-0.1, -0.05) is 66.4 Å². The van der Waals surface area contributed by atoms with Crippen molar-refractivity contribution >= 4 is 10.8 Å². The van der Waals surface area contributed by atoms with E-state index in [9.17, 15) is 5.11 Å². The van der Waals surface area contributed by atoms with Gasteiger partial charge in [0.05, 0.1) is 0 Å². The molecule has 2 N–H and O–H groups in total. The molecule has 3 aromatic rings. The van der Waals surface area contributed by atoms with Crippen molar-refractivity contribution < 1.29 is 5.11 Å². The zero-order valence-electron chi connectivity index (χ0n) is 15.6. The van der Waals surface area contributed by atoms with Crippen LogP contribution in [-0.4, -0.2) is 10.7 Å². The van der Waals surface area contributed by atoms with E-state index in [4.69, 9.17) is 0 Å². The van der Waals surface area contributed by atoms with Gasteiger partial charge in [0.1, 0.15) is 5.60 Å². The van der Waals surface area contributed by atoms with E-state index in [2.05, 4.69) is 78.7 Å². The lowest BCUT2D eigenvalue weighted by atomic mass is 9.99. The molecule has 3 rings (SSSR count). The number of hydrogen-bond donors (Lipinski definition) is 2. The number of rotatable bonds is 4. The van der Waals surface area contributed by atoms with Crippen LogP contribution in [0.25, 0.3) is 10.8 Å². The summed E-state index contributed by atoms with van der Waals surface area (Å²) in [5.74, 6) is 5.90. The summed E-state index contributed by atoms with van der Waals surface area (Å²) in [6.45, 7) is 6.34. The molecular formula is C24H25NO. The van der Waals surface area contributed by atoms with Crippen LogP contribution in [0, 0.1) is 11.8 Å². The van der Waals surface area contributed by atoms with E-state index in [0.717, 1.165) is 12.1 Å². The Kier molecular flexibility index (Phi) is 5.42. The first-order valence-electron chi connectivity index (χ1n) is 8.98. The molecule has 0 spiro atoms. The molecule has 132 valence electrons. The van der Waals surface area contributed by atoms with Gasteiger partial charge in [-0.05, 0) is 54.8 Å². The Balaban J connectivity index is 1.73. The summed E-state index contributed by atoms with van der Waals surface area (Å²) in [4.78, 5) is 0. The van der Waals surface area contributed by atoms with Crippen molar-refractivity contribution in [1.29, 1.82) is 0 Å². The number of benzene rings is 3. The molecule has 0 unspecified atom stereocenters. The summed E-state index contributed by atoms with van der Waals surface area (Å²) >= 11 is 0. The Morgan fingerprint density at radius 3 is 2.54 bits per heavy atom. The highest BCUT2D eigenvalue weighted by molar-refractivity contribution is 5.86. The highest BCUT2D eigenvalue weighted by Gasteiger charge is 2.09. The highest BCUT2D eigenvalue weighted by Crippen LogP contribution is 2.24. The van der Waals surface area contributed by atoms with E-state index >= 15 is 0 Å². The maximum absolute atomic E-state index is 9.75. The molecule has 0 saturated carbocycles. The summed E-state index contributed by atoms with van der Waals surface area (Å²) in [6.07, 6.45) is 0. The molecule has 0 radical (unpaired) electrons. The molecule has 2 heteroatoms. The molecule has 0 bridgehead atoms. The first-order chi connectivity index (χ1) is 12.4. The predicted octanol–water partition coefficient (Wildman–Crippen LogP) is 4.81. The van der Waals surface area contributed by atoms with Gasteiger partial charge in [-0.15, -0.1) is 0 Å². The quantitative estimate of drug-likeness (QED) is 0.666. The molecule has 0 heterocycles. The zero-order valence-corrected chi connectivity index (χ0v) is 15.6. The standard InChI is InChI=1S/C24H25NO/c1-18(22-13-7-11-21-10-4-5-12-23(21)22)25-17-20-9-6-8-19(16-20)14-15-24(2,3)26/h4-13,16,18,25-26H,17H2,1-3H3/t18-/m1/s1. The Hall–Kier alpha value is -2.60. The number of nitrogens with one attached hydrogen (secondary N) is 1. The van der Waals surface area contributed by atoms with Crippen LogP contribution in [0.15, 0.2) is 66.7 Å². The van der Waals surface area contributed by atoms with Gasteiger partial charge in [-0.25, -0.2) is 0 Å². The van der Waals surface area contributed by atoms with Crippen LogP contribution < -0.4 is 5.32 Å².